The molecule has 1 fully saturated rings. The lowest BCUT2D eigenvalue weighted by Crippen LogP contribution is -2.29. The normalized spacial score (nSPS) is 15.9. The maximum absolute atomic E-state index is 12.6. The molecular formula is C21H17BrN2O4S. The van der Waals surface area contributed by atoms with Crippen LogP contribution in [0, 0.1) is 0 Å². The van der Waals surface area contributed by atoms with Crippen molar-refractivity contribution >= 4 is 72.7 Å². The Balaban J connectivity index is 1.66. The second-order valence-electron chi connectivity index (χ2n) is 6.83. The molecule has 3 aromatic rings. The number of nitrogens with zero attached hydrogens (tertiary/aromatic N) is 2. The SMILES string of the molecule is Cn1c2ccc(Br)cc2c2cc(C=C3SC(=O)N(CCCC(=O)O)C3=O)ccc21. The number of amides is 2. The van der Waals surface area contributed by atoms with Crippen molar-refractivity contribution in [2.45, 2.75) is 12.8 Å². The summed E-state index contributed by atoms with van der Waals surface area (Å²) in [6.45, 7) is 0.116. The molecule has 2 amide bonds. The number of aromatic nitrogens is 1. The zero-order valence-corrected chi connectivity index (χ0v) is 17.9. The molecule has 6 nitrogen and oxygen atoms in total. The second-order valence-corrected chi connectivity index (χ2v) is 8.74. The molecule has 1 aromatic heterocycles. The second kappa shape index (κ2) is 7.68. The van der Waals surface area contributed by atoms with Crippen LogP contribution in [0.15, 0.2) is 45.8 Å². The molecule has 0 spiro atoms. The van der Waals surface area contributed by atoms with Crippen LogP contribution in [0.4, 0.5) is 4.79 Å². The van der Waals surface area contributed by atoms with Crippen LogP contribution in [0.25, 0.3) is 27.9 Å². The van der Waals surface area contributed by atoms with Crippen LogP contribution in [0.3, 0.4) is 0 Å². The van der Waals surface area contributed by atoms with Crippen LogP contribution in [0.1, 0.15) is 18.4 Å². The number of thioether (sulfide) groups is 1. The van der Waals surface area contributed by atoms with Gasteiger partial charge in [-0.15, -0.1) is 0 Å². The third-order valence-electron chi connectivity index (χ3n) is 4.94. The monoisotopic (exact) mass is 472 g/mol. The highest BCUT2D eigenvalue weighted by Gasteiger charge is 2.34. The topological polar surface area (TPSA) is 79.6 Å². The summed E-state index contributed by atoms with van der Waals surface area (Å²) >= 11 is 4.41. The Hall–Kier alpha value is -2.58. The number of aryl methyl sites for hydroxylation is 1. The van der Waals surface area contributed by atoms with Crippen molar-refractivity contribution in [2.24, 2.45) is 7.05 Å². The molecule has 0 atom stereocenters. The zero-order valence-electron chi connectivity index (χ0n) is 15.5. The number of imide groups is 1. The third-order valence-corrected chi connectivity index (χ3v) is 6.34. The largest absolute Gasteiger partial charge is 0.481 e. The fraction of sp³-hybridized carbons (Fsp3) is 0.190. The molecule has 4 rings (SSSR count). The quantitative estimate of drug-likeness (QED) is 0.528. The minimum atomic E-state index is -0.942. The van der Waals surface area contributed by atoms with Crippen LogP contribution in [0.5, 0.6) is 0 Å². The van der Waals surface area contributed by atoms with Gasteiger partial charge in [-0.1, -0.05) is 22.0 Å². The van der Waals surface area contributed by atoms with Gasteiger partial charge in [0.05, 0.1) is 4.91 Å². The van der Waals surface area contributed by atoms with Gasteiger partial charge in [-0.2, -0.15) is 0 Å². The molecule has 0 radical (unpaired) electrons. The predicted molar refractivity (Wildman–Crippen MR) is 118 cm³/mol. The van der Waals surface area contributed by atoms with Crippen LogP contribution in [-0.2, 0) is 16.6 Å². The van der Waals surface area contributed by atoms with Crippen LogP contribution < -0.4 is 0 Å². The van der Waals surface area contributed by atoms with Crippen molar-refractivity contribution in [2.75, 3.05) is 6.54 Å². The smallest absolute Gasteiger partial charge is 0.303 e. The van der Waals surface area contributed by atoms with Crippen LogP contribution in [-0.4, -0.2) is 38.2 Å². The maximum atomic E-state index is 12.6. The summed E-state index contributed by atoms with van der Waals surface area (Å²) in [6, 6.07) is 12.1. The van der Waals surface area contributed by atoms with Gasteiger partial charge in [0.2, 0.25) is 0 Å². The van der Waals surface area contributed by atoms with Crippen molar-refractivity contribution in [1.29, 1.82) is 0 Å². The average molecular weight is 473 g/mol. The number of fused-ring (bicyclic) bond motifs is 3. The highest BCUT2D eigenvalue weighted by Crippen LogP contribution is 2.35. The summed E-state index contributed by atoms with van der Waals surface area (Å²) in [7, 11) is 2.01. The van der Waals surface area contributed by atoms with E-state index in [1.807, 2.05) is 31.3 Å². The Morgan fingerprint density at radius 2 is 1.83 bits per heavy atom. The van der Waals surface area contributed by atoms with E-state index in [1.54, 1.807) is 6.08 Å². The van der Waals surface area contributed by atoms with Gasteiger partial charge in [0.1, 0.15) is 0 Å². The number of carboxylic acid groups (broad SMARTS) is 1. The molecule has 1 aliphatic heterocycles. The number of halogens is 1. The van der Waals surface area contributed by atoms with Crippen molar-refractivity contribution in [3.05, 3.63) is 51.3 Å². The molecule has 1 aliphatic rings. The molecule has 0 unspecified atom stereocenters. The molecule has 8 heteroatoms. The minimum Gasteiger partial charge on any atom is -0.481 e. The summed E-state index contributed by atoms with van der Waals surface area (Å²) in [6.07, 6.45) is 1.89. The number of carbonyl (C=O) groups excluding carboxylic acids is 2. The van der Waals surface area contributed by atoms with Crippen molar-refractivity contribution in [3.63, 3.8) is 0 Å². The first-order chi connectivity index (χ1) is 13.8. The van der Waals surface area contributed by atoms with Crippen LogP contribution in [0.2, 0.25) is 0 Å². The molecular weight excluding hydrogens is 456 g/mol. The molecule has 1 saturated heterocycles. The number of benzene rings is 2. The molecule has 29 heavy (non-hydrogen) atoms. The Labute approximate surface area is 179 Å². The van der Waals surface area contributed by atoms with Crippen molar-refractivity contribution < 1.29 is 19.5 Å². The minimum absolute atomic E-state index is 0.0753. The molecule has 2 aromatic carbocycles. The number of rotatable bonds is 5. The van der Waals surface area contributed by atoms with Gasteiger partial charge in [0.25, 0.3) is 11.1 Å². The lowest BCUT2D eigenvalue weighted by atomic mass is 10.1. The average Bonchev–Trinajstić information content (AvgIpc) is 3.09. The Bertz CT molecular complexity index is 1210. The van der Waals surface area contributed by atoms with Gasteiger partial charge in [-0.05, 0) is 60.2 Å². The first-order valence-electron chi connectivity index (χ1n) is 9.00. The summed E-state index contributed by atoms with van der Waals surface area (Å²) in [5.74, 6) is -1.31. The fourth-order valence-electron chi connectivity index (χ4n) is 3.53. The molecule has 2 heterocycles. The van der Waals surface area contributed by atoms with E-state index < -0.39 is 5.97 Å². The van der Waals surface area contributed by atoms with Gasteiger partial charge >= 0.3 is 5.97 Å². The van der Waals surface area contributed by atoms with Gasteiger partial charge < -0.3 is 9.67 Å². The van der Waals surface area contributed by atoms with Gasteiger partial charge in [0, 0.05) is 46.3 Å². The van der Waals surface area contributed by atoms with E-state index in [0.29, 0.717) is 4.91 Å². The Morgan fingerprint density at radius 1 is 1.14 bits per heavy atom. The highest BCUT2D eigenvalue weighted by molar-refractivity contribution is 9.10. The number of hydrogen-bond acceptors (Lipinski definition) is 4. The highest BCUT2D eigenvalue weighted by atomic mass is 79.9. The van der Waals surface area contributed by atoms with Crippen molar-refractivity contribution in [3.8, 4) is 0 Å². The summed E-state index contributed by atoms with van der Waals surface area (Å²) < 4.78 is 3.11. The van der Waals surface area contributed by atoms with E-state index in [2.05, 4.69) is 32.6 Å². The summed E-state index contributed by atoms with van der Waals surface area (Å²) in [4.78, 5) is 36.9. The number of aliphatic carboxylic acids is 1. The number of carboxylic acids is 1. The summed E-state index contributed by atoms with van der Waals surface area (Å²) in [5.41, 5.74) is 3.03. The molecule has 0 aliphatic carbocycles. The van der Waals surface area contributed by atoms with Crippen molar-refractivity contribution in [1.82, 2.24) is 9.47 Å². The molecule has 0 bridgehead atoms. The van der Waals surface area contributed by atoms with E-state index in [-0.39, 0.29) is 30.5 Å². The van der Waals surface area contributed by atoms with Gasteiger partial charge in [-0.25, -0.2) is 0 Å². The molecule has 0 saturated carbocycles. The fourth-order valence-corrected chi connectivity index (χ4v) is 4.76. The first kappa shape index (κ1) is 19.7. The lowest BCUT2D eigenvalue weighted by molar-refractivity contribution is -0.137. The first-order valence-corrected chi connectivity index (χ1v) is 10.6. The van der Waals surface area contributed by atoms with Crippen LogP contribution >= 0.6 is 27.7 Å². The van der Waals surface area contributed by atoms with E-state index in [1.165, 1.54) is 0 Å². The van der Waals surface area contributed by atoms with E-state index in [0.717, 1.165) is 48.5 Å². The van der Waals surface area contributed by atoms with E-state index >= 15 is 0 Å². The number of carbonyl (C=O) groups is 3. The van der Waals surface area contributed by atoms with E-state index in [9.17, 15) is 14.4 Å². The predicted octanol–water partition coefficient (Wildman–Crippen LogP) is 5.00. The number of hydrogen-bond donors (Lipinski definition) is 1. The Morgan fingerprint density at radius 3 is 2.55 bits per heavy atom. The van der Waals surface area contributed by atoms with Gasteiger partial charge in [0.15, 0.2) is 0 Å². The Kier molecular flexibility index (Phi) is 5.23. The summed E-state index contributed by atoms with van der Waals surface area (Å²) in [5, 5.41) is 10.6. The van der Waals surface area contributed by atoms with E-state index in [4.69, 9.17) is 5.11 Å². The maximum Gasteiger partial charge on any atom is 0.303 e. The lowest BCUT2D eigenvalue weighted by Gasteiger charge is -2.10. The van der Waals surface area contributed by atoms with Gasteiger partial charge in [-0.3, -0.25) is 19.3 Å². The standard InChI is InChI=1S/C21H17BrN2O4S/c1-23-16-6-4-12(9-14(16)15-11-13(22)5-7-17(15)23)10-18-20(27)24(21(28)29-18)8-2-3-19(25)26/h4-7,9-11H,2-3,8H2,1H3,(H,25,26). The molecule has 148 valence electrons. The zero-order chi connectivity index (χ0) is 20.7. The third kappa shape index (κ3) is 3.70. The molecule has 1 N–H and O–H groups in total.